The van der Waals surface area contributed by atoms with Crippen molar-refractivity contribution >= 4 is 29.7 Å². The highest BCUT2D eigenvalue weighted by Gasteiger charge is 2.52. The number of rotatable bonds is 8. The molecule has 29 heavy (non-hydrogen) atoms. The Bertz CT molecular complexity index is 601. The summed E-state index contributed by atoms with van der Waals surface area (Å²) < 4.78 is 5.36. The first kappa shape index (κ1) is 23.8. The van der Waals surface area contributed by atoms with Crippen LogP contribution in [0.4, 0.5) is 4.79 Å². The third kappa shape index (κ3) is 5.57. The average molecular weight is 430 g/mol. The van der Waals surface area contributed by atoms with Crippen LogP contribution in [-0.2, 0) is 19.2 Å². The van der Waals surface area contributed by atoms with Crippen molar-refractivity contribution in [2.45, 2.75) is 78.3 Å². The molecule has 3 atom stereocenters. The smallest absolute Gasteiger partial charge is 0.436 e. The van der Waals surface area contributed by atoms with E-state index >= 15 is 0 Å². The predicted octanol–water partition coefficient (Wildman–Crippen LogP) is 2.72. The number of thioether (sulfide) groups is 1. The van der Waals surface area contributed by atoms with Crippen molar-refractivity contribution < 1.29 is 24.0 Å². The Kier molecular flexibility index (Phi) is 8.63. The molecule has 0 aliphatic carbocycles. The van der Waals surface area contributed by atoms with E-state index in [1.165, 1.54) is 5.06 Å². The van der Waals surface area contributed by atoms with Crippen LogP contribution in [0.3, 0.4) is 0 Å². The van der Waals surface area contributed by atoms with Crippen molar-refractivity contribution in [3.8, 4) is 0 Å². The number of hydrogen-bond acceptors (Lipinski definition) is 6. The largest absolute Gasteiger partial charge is 0.445 e. The standard InChI is InChI=1S/C20H35N3O5S/c1-7-16-19(25)22-15(9-11-29-6)18(24)21(10-8-13(2)3)12-17(22)23(28-16)20(26)27-14(4)5/h13-17H,7-12H2,1-6H3. The van der Waals surface area contributed by atoms with Gasteiger partial charge in [0.2, 0.25) is 5.91 Å². The van der Waals surface area contributed by atoms with Gasteiger partial charge >= 0.3 is 6.09 Å². The number of piperazine rings is 1. The van der Waals surface area contributed by atoms with E-state index < -0.39 is 24.4 Å². The minimum Gasteiger partial charge on any atom is -0.445 e. The number of hydroxylamine groups is 2. The van der Waals surface area contributed by atoms with E-state index in [0.29, 0.717) is 25.3 Å². The molecule has 0 bridgehead atoms. The molecule has 166 valence electrons. The van der Waals surface area contributed by atoms with Crippen molar-refractivity contribution in [3.63, 3.8) is 0 Å². The number of carbonyl (C=O) groups excluding carboxylic acids is 3. The number of amides is 3. The molecule has 0 N–H and O–H groups in total. The first-order valence-electron chi connectivity index (χ1n) is 10.5. The van der Waals surface area contributed by atoms with Crippen molar-refractivity contribution in [2.75, 3.05) is 25.1 Å². The zero-order valence-corrected chi connectivity index (χ0v) is 19.2. The highest BCUT2D eigenvalue weighted by Crippen LogP contribution is 2.31. The van der Waals surface area contributed by atoms with Crippen LogP contribution in [0.25, 0.3) is 0 Å². The SMILES string of the molecule is CCC1ON(C(=O)OC(C)C)C2CN(CCC(C)C)C(=O)C(CCSC)N2C1=O. The molecule has 2 rings (SSSR count). The Balaban J connectivity index is 2.37. The Hall–Kier alpha value is -1.48. The summed E-state index contributed by atoms with van der Waals surface area (Å²) >= 11 is 1.63. The summed E-state index contributed by atoms with van der Waals surface area (Å²) in [7, 11) is 0. The van der Waals surface area contributed by atoms with E-state index in [1.807, 2.05) is 13.2 Å². The summed E-state index contributed by atoms with van der Waals surface area (Å²) in [4.78, 5) is 48.2. The molecule has 8 nitrogen and oxygen atoms in total. The molecule has 0 aromatic carbocycles. The Morgan fingerprint density at radius 3 is 2.48 bits per heavy atom. The molecule has 0 aromatic rings. The summed E-state index contributed by atoms with van der Waals surface area (Å²) in [5.74, 6) is 0.924. The van der Waals surface area contributed by atoms with Crippen LogP contribution in [0.1, 0.15) is 53.9 Å². The first-order valence-corrected chi connectivity index (χ1v) is 11.9. The topological polar surface area (TPSA) is 79.4 Å². The zero-order chi connectivity index (χ0) is 21.7. The molecule has 0 spiro atoms. The van der Waals surface area contributed by atoms with Crippen LogP contribution >= 0.6 is 11.8 Å². The third-order valence-corrected chi connectivity index (χ3v) is 5.78. The summed E-state index contributed by atoms with van der Waals surface area (Å²) in [6.07, 6.45) is 1.39. The molecule has 2 saturated heterocycles. The van der Waals surface area contributed by atoms with Crippen LogP contribution in [0.15, 0.2) is 0 Å². The lowest BCUT2D eigenvalue weighted by atomic mass is 10.0. The molecule has 2 aliphatic rings. The number of nitrogens with zero attached hydrogens (tertiary/aromatic N) is 3. The lowest BCUT2D eigenvalue weighted by Crippen LogP contribution is -2.73. The number of fused-ring (bicyclic) bond motifs is 1. The van der Waals surface area contributed by atoms with Crippen LogP contribution in [0, 0.1) is 5.92 Å². The van der Waals surface area contributed by atoms with Crippen LogP contribution in [0.5, 0.6) is 0 Å². The van der Waals surface area contributed by atoms with Gasteiger partial charge in [0.25, 0.3) is 5.91 Å². The minimum absolute atomic E-state index is 0.0433. The molecule has 2 aliphatic heterocycles. The summed E-state index contributed by atoms with van der Waals surface area (Å²) in [6.45, 7) is 10.4. The summed E-state index contributed by atoms with van der Waals surface area (Å²) in [6, 6.07) is -0.590. The maximum absolute atomic E-state index is 13.2. The van der Waals surface area contributed by atoms with E-state index in [-0.39, 0.29) is 24.5 Å². The van der Waals surface area contributed by atoms with E-state index in [1.54, 1.807) is 35.4 Å². The fraction of sp³-hybridized carbons (Fsp3) is 0.850. The summed E-state index contributed by atoms with van der Waals surface area (Å²) in [5.41, 5.74) is 0. The highest BCUT2D eigenvalue weighted by atomic mass is 32.2. The maximum Gasteiger partial charge on any atom is 0.436 e. The van der Waals surface area contributed by atoms with Crippen molar-refractivity contribution in [2.24, 2.45) is 5.92 Å². The molecule has 2 heterocycles. The molecular weight excluding hydrogens is 394 g/mol. The van der Waals surface area contributed by atoms with E-state index in [0.717, 1.165) is 12.2 Å². The lowest BCUT2D eigenvalue weighted by Gasteiger charge is -2.52. The van der Waals surface area contributed by atoms with Gasteiger partial charge in [0, 0.05) is 6.54 Å². The number of carbonyl (C=O) groups is 3. The second-order valence-corrected chi connectivity index (χ2v) is 9.24. The van der Waals surface area contributed by atoms with Gasteiger partial charge in [0.05, 0.1) is 12.6 Å². The van der Waals surface area contributed by atoms with Gasteiger partial charge in [-0.2, -0.15) is 16.8 Å². The molecular formula is C20H35N3O5S. The van der Waals surface area contributed by atoms with Gasteiger partial charge in [-0.15, -0.1) is 0 Å². The zero-order valence-electron chi connectivity index (χ0n) is 18.4. The number of ether oxygens (including phenoxy) is 1. The number of hydrogen-bond donors (Lipinski definition) is 0. The molecule has 0 radical (unpaired) electrons. The van der Waals surface area contributed by atoms with Gasteiger partial charge in [-0.25, -0.2) is 4.79 Å². The highest BCUT2D eigenvalue weighted by molar-refractivity contribution is 7.98. The van der Waals surface area contributed by atoms with Crippen LogP contribution in [-0.4, -0.2) is 82.3 Å². The third-order valence-electron chi connectivity index (χ3n) is 5.14. The van der Waals surface area contributed by atoms with Gasteiger partial charge < -0.3 is 14.5 Å². The molecule has 9 heteroatoms. The average Bonchev–Trinajstić information content (AvgIpc) is 2.65. The second kappa shape index (κ2) is 10.5. The van der Waals surface area contributed by atoms with Crippen molar-refractivity contribution in [1.82, 2.24) is 14.9 Å². The fourth-order valence-electron chi connectivity index (χ4n) is 3.59. The molecule has 3 amide bonds. The normalized spacial score (nSPS) is 25.1. The Morgan fingerprint density at radius 2 is 1.93 bits per heavy atom. The molecule has 3 unspecified atom stereocenters. The van der Waals surface area contributed by atoms with Gasteiger partial charge in [0.1, 0.15) is 6.04 Å². The lowest BCUT2D eigenvalue weighted by molar-refractivity contribution is -0.267. The molecule has 0 aromatic heterocycles. The van der Waals surface area contributed by atoms with Gasteiger partial charge in [-0.1, -0.05) is 20.8 Å². The Labute approximate surface area is 178 Å². The molecule has 0 saturated carbocycles. The van der Waals surface area contributed by atoms with E-state index in [9.17, 15) is 14.4 Å². The maximum atomic E-state index is 13.2. The first-order chi connectivity index (χ1) is 13.7. The van der Waals surface area contributed by atoms with Gasteiger partial charge in [-0.3, -0.25) is 14.4 Å². The fourth-order valence-corrected chi connectivity index (χ4v) is 4.05. The quantitative estimate of drug-likeness (QED) is 0.590. The van der Waals surface area contributed by atoms with Crippen LogP contribution in [0.2, 0.25) is 0 Å². The predicted molar refractivity (Wildman–Crippen MR) is 112 cm³/mol. The van der Waals surface area contributed by atoms with Crippen molar-refractivity contribution in [1.29, 1.82) is 0 Å². The van der Waals surface area contributed by atoms with Gasteiger partial charge in [0.15, 0.2) is 12.3 Å². The van der Waals surface area contributed by atoms with Crippen molar-refractivity contribution in [3.05, 3.63) is 0 Å². The monoisotopic (exact) mass is 429 g/mol. The molecule has 2 fully saturated rings. The van der Waals surface area contributed by atoms with Crippen LogP contribution < -0.4 is 0 Å². The second-order valence-electron chi connectivity index (χ2n) is 8.25. The Morgan fingerprint density at radius 1 is 1.24 bits per heavy atom. The summed E-state index contributed by atoms with van der Waals surface area (Å²) in [5, 5.41) is 1.18. The minimum atomic E-state index is -0.794. The van der Waals surface area contributed by atoms with E-state index in [2.05, 4.69) is 13.8 Å². The van der Waals surface area contributed by atoms with Gasteiger partial charge in [-0.05, 0) is 51.0 Å². The van der Waals surface area contributed by atoms with E-state index in [4.69, 9.17) is 9.57 Å².